The summed E-state index contributed by atoms with van der Waals surface area (Å²) in [6, 6.07) is 11.9. The molecule has 7 nitrogen and oxygen atoms in total. The first-order chi connectivity index (χ1) is 15.8. The molecule has 0 bridgehead atoms. The second kappa shape index (κ2) is 9.30. The number of hydrogen-bond donors (Lipinski definition) is 0. The zero-order valence-electron chi connectivity index (χ0n) is 20.4. The van der Waals surface area contributed by atoms with E-state index in [-0.39, 0.29) is 5.69 Å². The van der Waals surface area contributed by atoms with Crippen LogP contribution in [0.1, 0.15) is 44.2 Å². The minimum absolute atomic E-state index is 0.113. The van der Waals surface area contributed by atoms with E-state index in [1.807, 2.05) is 37.2 Å². The Balaban J connectivity index is 1.89. The van der Waals surface area contributed by atoms with Crippen LogP contribution in [0.5, 0.6) is 0 Å². The highest BCUT2D eigenvalue weighted by Crippen LogP contribution is 2.34. The summed E-state index contributed by atoms with van der Waals surface area (Å²) >= 11 is 0. The van der Waals surface area contributed by atoms with Gasteiger partial charge in [0.1, 0.15) is 11.3 Å². The molecular formula is C26H34N6O. The Bertz CT molecular complexity index is 1250. The van der Waals surface area contributed by atoms with Gasteiger partial charge in [-0.05, 0) is 42.7 Å². The zero-order valence-corrected chi connectivity index (χ0v) is 20.4. The van der Waals surface area contributed by atoms with Crippen molar-refractivity contribution < 1.29 is 0 Å². The van der Waals surface area contributed by atoms with Gasteiger partial charge in [-0.3, -0.25) is 9.13 Å². The molecule has 7 heteroatoms. The van der Waals surface area contributed by atoms with E-state index in [2.05, 4.69) is 30.9 Å². The Morgan fingerprint density at radius 1 is 1.27 bits per heavy atom. The number of aryl methyl sites for hydroxylation is 1. The molecule has 3 aromatic rings. The molecular weight excluding hydrogens is 412 g/mol. The maximum Gasteiger partial charge on any atom is 0.330 e. The first kappa shape index (κ1) is 22.9. The summed E-state index contributed by atoms with van der Waals surface area (Å²) in [5.41, 5.74) is 3.92. The largest absolute Gasteiger partial charge is 0.369 e. The van der Waals surface area contributed by atoms with Gasteiger partial charge in [-0.1, -0.05) is 32.0 Å². The first-order valence-electron chi connectivity index (χ1n) is 11.8. The van der Waals surface area contributed by atoms with Gasteiger partial charge in [-0.25, -0.2) is 9.78 Å². The number of anilines is 2. The first-order valence-corrected chi connectivity index (χ1v) is 11.8. The van der Waals surface area contributed by atoms with Crippen LogP contribution >= 0.6 is 0 Å². The van der Waals surface area contributed by atoms with Crippen LogP contribution in [-0.2, 0) is 13.6 Å². The van der Waals surface area contributed by atoms with E-state index in [0.717, 1.165) is 42.1 Å². The van der Waals surface area contributed by atoms with E-state index in [4.69, 9.17) is 4.98 Å². The third-order valence-electron chi connectivity index (χ3n) is 6.64. The molecule has 1 fully saturated rings. The molecule has 0 saturated carbocycles. The van der Waals surface area contributed by atoms with Crippen molar-refractivity contribution in [3.63, 3.8) is 0 Å². The fourth-order valence-corrected chi connectivity index (χ4v) is 5.06. The number of nitriles is 1. The fourth-order valence-electron chi connectivity index (χ4n) is 5.06. The highest BCUT2D eigenvalue weighted by Gasteiger charge is 2.26. The molecule has 0 radical (unpaired) electrons. The fraction of sp³-hybridized carbons (Fsp3) is 0.500. The van der Waals surface area contributed by atoms with Crippen LogP contribution in [0.25, 0.3) is 11.2 Å². The molecule has 0 N–H and O–H groups in total. The number of hydrogen-bond acceptors (Lipinski definition) is 5. The minimum Gasteiger partial charge on any atom is -0.369 e. The van der Waals surface area contributed by atoms with Gasteiger partial charge >= 0.3 is 5.69 Å². The predicted octanol–water partition coefficient (Wildman–Crippen LogP) is 3.98. The lowest BCUT2D eigenvalue weighted by Gasteiger charge is -2.36. The average molecular weight is 447 g/mol. The van der Waals surface area contributed by atoms with Gasteiger partial charge in [0.05, 0.1) is 23.9 Å². The molecule has 0 aliphatic carbocycles. The predicted molar refractivity (Wildman–Crippen MR) is 134 cm³/mol. The molecule has 1 aliphatic heterocycles. The molecule has 1 atom stereocenters. The Morgan fingerprint density at radius 3 is 2.73 bits per heavy atom. The van der Waals surface area contributed by atoms with E-state index < -0.39 is 0 Å². The second-order valence-corrected chi connectivity index (χ2v) is 9.85. The number of pyridine rings is 1. The van der Waals surface area contributed by atoms with Crippen molar-refractivity contribution in [2.24, 2.45) is 18.9 Å². The number of imidazole rings is 1. The van der Waals surface area contributed by atoms with Gasteiger partial charge in [0.15, 0.2) is 5.65 Å². The van der Waals surface area contributed by atoms with Crippen LogP contribution in [0.15, 0.2) is 35.1 Å². The van der Waals surface area contributed by atoms with Crippen molar-refractivity contribution in [3.8, 4) is 6.07 Å². The lowest BCUT2D eigenvalue weighted by Crippen LogP contribution is -2.36. The molecule has 3 heterocycles. The van der Waals surface area contributed by atoms with E-state index in [1.54, 1.807) is 22.2 Å². The van der Waals surface area contributed by atoms with Gasteiger partial charge in [0, 0.05) is 40.3 Å². The lowest BCUT2D eigenvalue weighted by molar-refractivity contribution is 0.347. The maximum atomic E-state index is 13.4. The molecule has 33 heavy (non-hydrogen) atoms. The quantitative estimate of drug-likeness (QED) is 0.573. The smallest absolute Gasteiger partial charge is 0.330 e. The molecule has 1 aliphatic rings. The number of piperidine rings is 1. The highest BCUT2D eigenvalue weighted by atomic mass is 16.1. The van der Waals surface area contributed by atoms with Gasteiger partial charge in [-0.2, -0.15) is 5.26 Å². The Kier molecular flexibility index (Phi) is 6.46. The van der Waals surface area contributed by atoms with Crippen LogP contribution in [0.4, 0.5) is 11.5 Å². The third kappa shape index (κ3) is 4.47. The van der Waals surface area contributed by atoms with Gasteiger partial charge in [0.2, 0.25) is 0 Å². The monoisotopic (exact) mass is 446 g/mol. The van der Waals surface area contributed by atoms with Crippen LogP contribution in [0.3, 0.4) is 0 Å². The molecule has 174 valence electrons. The SMILES string of the molecule is CC(C)CC1CCCN(c2cc(N(C)C)nc3c2n(Cc2ccccc2C#N)c(=O)n3C)C1. The number of nitrogens with zero attached hydrogens (tertiary/aromatic N) is 6. The standard InChI is InChI=1S/C26H34N6O/c1-18(2)13-19-9-8-12-31(16-19)22-14-23(29(3)4)28-25-24(22)32(26(33)30(25)5)17-21-11-7-6-10-20(21)15-27/h6-7,10-11,14,18-19H,8-9,12-13,16-17H2,1-5H3. The average Bonchev–Trinajstić information content (AvgIpc) is 3.03. The van der Waals surface area contributed by atoms with E-state index >= 15 is 0 Å². The second-order valence-electron chi connectivity index (χ2n) is 9.85. The highest BCUT2D eigenvalue weighted by molar-refractivity contribution is 5.89. The van der Waals surface area contributed by atoms with Gasteiger partial charge in [-0.15, -0.1) is 0 Å². The van der Waals surface area contributed by atoms with E-state index in [9.17, 15) is 10.1 Å². The van der Waals surface area contributed by atoms with E-state index in [1.165, 1.54) is 12.8 Å². The molecule has 1 saturated heterocycles. The molecule has 0 amide bonds. The molecule has 1 unspecified atom stereocenters. The summed E-state index contributed by atoms with van der Waals surface area (Å²) in [5, 5.41) is 9.57. The third-order valence-corrected chi connectivity index (χ3v) is 6.64. The van der Waals surface area contributed by atoms with Crippen molar-refractivity contribution >= 4 is 22.7 Å². The number of rotatable bonds is 6. The lowest BCUT2D eigenvalue weighted by atomic mass is 9.89. The summed E-state index contributed by atoms with van der Waals surface area (Å²) in [7, 11) is 5.74. The summed E-state index contributed by atoms with van der Waals surface area (Å²) in [6.07, 6.45) is 3.61. The molecule has 0 spiro atoms. The number of fused-ring (bicyclic) bond motifs is 1. The topological polar surface area (TPSA) is 70.1 Å². The molecule has 1 aromatic carbocycles. The van der Waals surface area contributed by atoms with Gasteiger partial charge in [0.25, 0.3) is 0 Å². The molecule has 4 rings (SSSR count). The summed E-state index contributed by atoms with van der Waals surface area (Å²) in [4.78, 5) is 22.7. The Labute approximate surface area is 195 Å². The minimum atomic E-state index is -0.113. The van der Waals surface area contributed by atoms with Crippen molar-refractivity contribution in [1.29, 1.82) is 5.26 Å². The summed E-state index contributed by atoms with van der Waals surface area (Å²) < 4.78 is 3.43. The van der Waals surface area contributed by atoms with Crippen LogP contribution in [-0.4, -0.2) is 41.3 Å². The van der Waals surface area contributed by atoms with Crippen LogP contribution < -0.4 is 15.5 Å². The normalized spacial score (nSPS) is 16.4. The summed E-state index contributed by atoms with van der Waals surface area (Å²) in [5.74, 6) is 2.16. The Hall–Kier alpha value is -3.27. The van der Waals surface area contributed by atoms with Crippen molar-refractivity contribution in [3.05, 3.63) is 51.9 Å². The van der Waals surface area contributed by atoms with Crippen molar-refractivity contribution in [2.75, 3.05) is 37.0 Å². The zero-order chi connectivity index (χ0) is 23.7. The maximum absolute atomic E-state index is 13.4. The Morgan fingerprint density at radius 2 is 2.03 bits per heavy atom. The van der Waals surface area contributed by atoms with Crippen molar-refractivity contribution in [1.82, 2.24) is 14.1 Å². The number of aromatic nitrogens is 3. The van der Waals surface area contributed by atoms with Crippen LogP contribution in [0, 0.1) is 23.2 Å². The summed E-state index contributed by atoms with van der Waals surface area (Å²) in [6.45, 7) is 6.88. The van der Waals surface area contributed by atoms with Crippen LogP contribution in [0.2, 0.25) is 0 Å². The van der Waals surface area contributed by atoms with E-state index in [0.29, 0.717) is 29.6 Å². The number of benzene rings is 1. The van der Waals surface area contributed by atoms with Gasteiger partial charge < -0.3 is 9.80 Å². The molecule has 2 aromatic heterocycles. The van der Waals surface area contributed by atoms with Crippen molar-refractivity contribution in [2.45, 2.75) is 39.7 Å².